The quantitative estimate of drug-likeness (QED) is 0.726. The van der Waals surface area contributed by atoms with Crippen molar-refractivity contribution in [3.8, 4) is 0 Å². The molecule has 0 aromatic rings. The molecule has 2 N–H and O–H groups in total. The van der Waals surface area contributed by atoms with Crippen LogP contribution in [0.2, 0.25) is 0 Å². The van der Waals surface area contributed by atoms with Gasteiger partial charge in [-0.2, -0.15) is 0 Å². The van der Waals surface area contributed by atoms with E-state index in [1.165, 1.54) is 0 Å². The van der Waals surface area contributed by atoms with Gasteiger partial charge in [-0.05, 0) is 45.2 Å². The summed E-state index contributed by atoms with van der Waals surface area (Å²) in [5.74, 6) is -0.0478. The van der Waals surface area contributed by atoms with Gasteiger partial charge in [0.05, 0.1) is 12.6 Å². The number of hydrogen-bond donors (Lipinski definition) is 2. The third-order valence-corrected chi connectivity index (χ3v) is 3.66. The van der Waals surface area contributed by atoms with Crippen LogP contribution in [0.5, 0.6) is 0 Å². The zero-order valence-electron chi connectivity index (χ0n) is 12.2. The first kappa shape index (κ1) is 16.1. The summed E-state index contributed by atoms with van der Waals surface area (Å²) in [5.41, 5.74) is 0. The van der Waals surface area contributed by atoms with Crippen LogP contribution in [0.4, 0.5) is 0 Å². The number of rotatable bonds is 7. The molecule has 5 nitrogen and oxygen atoms in total. The fraction of sp³-hybridized carbons (Fsp3) is 0.857. The summed E-state index contributed by atoms with van der Waals surface area (Å²) in [7, 11) is 0. The van der Waals surface area contributed by atoms with Crippen molar-refractivity contribution in [3.63, 3.8) is 0 Å². The van der Waals surface area contributed by atoms with Crippen LogP contribution < -0.4 is 5.32 Å². The van der Waals surface area contributed by atoms with Gasteiger partial charge < -0.3 is 10.4 Å². The average Bonchev–Trinajstić information content (AvgIpc) is 2.29. The van der Waals surface area contributed by atoms with Crippen molar-refractivity contribution in [3.05, 3.63) is 0 Å². The molecule has 110 valence electrons. The Morgan fingerprint density at radius 2 is 1.89 bits per heavy atom. The van der Waals surface area contributed by atoms with E-state index >= 15 is 0 Å². The number of nitrogens with zero attached hydrogens (tertiary/aromatic N) is 1. The van der Waals surface area contributed by atoms with Crippen LogP contribution in [0.25, 0.3) is 0 Å². The Labute approximate surface area is 115 Å². The van der Waals surface area contributed by atoms with Crippen LogP contribution in [0.1, 0.15) is 40.0 Å². The van der Waals surface area contributed by atoms with Gasteiger partial charge in [0, 0.05) is 6.04 Å². The molecule has 1 heterocycles. The predicted octanol–water partition coefficient (Wildman–Crippen LogP) is 1.13. The van der Waals surface area contributed by atoms with Crippen molar-refractivity contribution in [1.29, 1.82) is 0 Å². The van der Waals surface area contributed by atoms with E-state index in [4.69, 9.17) is 5.11 Å². The average molecular weight is 270 g/mol. The number of hydrogen-bond acceptors (Lipinski definition) is 4. The van der Waals surface area contributed by atoms with Crippen molar-refractivity contribution in [2.75, 3.05) is 19.6 Å². The Morgan fingerprint density at radius 1 is 1.32 bits per heavy atom. The predicted molar refractivity (Wildman–Crippen MR) is 74.2 cm³/mol. The Kier molecular flexibility index (Phi) is 6.45. The van der Waals surface area contributed by atoms with Crippen LogP contribution in [0.15, 0.2) is 0 Å². The zero-order chi connectivity index (χ0) is 14.4. The van der Waals surface area contributed by atoms with Gasteiger partial charge in [0.2, 0.25) is 0 Å². The molecule has 0 unspecified atom stereocenters. The molecule has 1 atom stereocenters. The van der Waals surface area contributed by atoms with Crippen LogP contribution in [-0.4, -0.2) is 53.5 Å². The highest BCUT2D eigenvalue weighted by Crippen LogP contribution is 2.22. The standard InChI is InChI=1S/C14H26N2O3/c1-10(2)15-13(11(3)17)8-12-4-6-16(7-5-12)9-14(18)19/h10,12-13,15H,4-9H2,1-3H3,(H,18,19)/t13-/m0/s1. The van der Waals surface area contributed by atoms with Crippen molar-refractivity contribution in [1.82, 2.24) is 10.2 Å². The number of nitrogens with one attached hydrogen (secondary N) is 1. The molecule has 0 spiro atoms. The molecule has 1 saturated heterocycles. The molecule has 1 rings (SSSR count). The molecule has 0 bridgehead atoms. The normalized spacial score (nSPS) is 19.6. The number of ketones is 1. The number of carboxylic acid groups (broad SMARTS) is 1. The second-order valence-electron chi connectivity index (χ2n) is 5.83. The van der Waals surface area contributed by atoms with E-state index < -0.39 is 5.97 Å². The minimum atomic E-state index is -0.762. The molecule has 0 aromatic heterocycles. The second kappa shape index (κ2) is 7.60. The lowest BCUT2D eigenvalue weighted by atomic mass is 9.89. The maximum absolute atomic E-state index is 11.6. The van der Waals surface area contributed by atoms with E-state index in [9.17, 15) is 9.59 Å². The summed E-state index contributed by atoms with van der Waals surface area (Å²) in [5, 5.41) is 12.1. The molecule has 0 saturated carbocycles. The molecule has 0 radical (unpaired) electrons. The molecule has 0 amide bonds. The van der Waals surface area contributed by atoms with E-state index in [-0.39, 0.29) is 18.4 Å². The fourth-order valence-electron chi connectivity index (χ4n) is 2.66. The minimum absolute atomic E-state index is 0.0592. The number of carbonyl (C=O) groups is 2. The summed E-state index contributed by atoms with van der Waals surface area (Å²) in [6.07, 6.45) is 2.84. The maximum atomic E-state index is 11.6. The number of aliphatic carboxylic acids is 1. The molecule has 0 aromatic carbocycles. The first-order chi connectivity index (χ1) is 8.88. The number of carbonyl (C=O) groups excluding carboxylic acids is 1. The van der Waals surface area contributed by atoms with Gasteiger partial charge in [0.15, 0.2) is 0 Å². The first-order valence-electron chi connectivity index (χ1n) is 7.09. The van der Waals surface area contributed by atoms with Gasteiger partial charge in [-0.25, -0.2) is 0 Å². The zero-order valence-corrected chi connectivity index (χ0v) is 12.2. The molecule has 19 heavy (non-hydrogen) atoms. The monoisotopic (exact) mass is 270 g/mol. The van der Waals surface area contributed by atoms with E-state index in [2.05, 4.69) is 5.32 Å². The van der Waals surface area contributed by atoms with E-state index in [1.54, 1.807) is 6.92 Å². The van der Waals surface area contributed by atoms with Crippen molar-refractivity contribution in [2.45, 2.75) is 52.1 Å². The highest BCUT2D eigenvalue weighted by atomic mass is 16.4. The Bertz CT molecular complexity index is 310. The number of carboxylic acids is 1. The second-order valence-corrected chi connectivity index (χ2v) is 5.83. The highest BCUT2D eigenvalue weighted by molar-refractivity contribution is 5.81. The Hall–Kier alpha value is -0.940. The molecular weight excluding hydrogens is 244 g/mol. The minimum Gasteiger partial charge on any atom is -0.480 e. The van der Waals surface area contributed by atoms with E-state index in [0.717, 1.165) is 32.4 Å². The lowest BCUT2D eigenvalue weighted by Crippen LogP contribution is -2.43. The summed E-state index contributed by atoms with van der Waals surface area (Å²) in [6, 6.07) is 0.247. The van der Waals surface area contributed by atoms with Crippen molar-refractivity contribution < 1.29 is 14.7 Å². The van der Waals surface area contributed by atoms with E-state index in [1.807, 2.05) is 18.7 Å². The van der Waals surface area contributed by atoms with Crippen LogP contribution in [-0.2, 0) is 9.59 Å². The Balaban J connectivity index is 2.37. The molecular formula is C14H26N2O3. The summed E-state index contributed by atoms with van der Waals surface area (Å²) in [4.78, 5) is 24.2. The van der Waals surface area contributed by atoms with Crippen LogP contribution >= 0.6 is 0 Å². The largest absolute Gasteiger partial charge is 0.480 e. The van der Waals surface area contributed by atoms with Crippen molar-refractivity contribution >= 4 is 11.8 Å². The molecule has 1 aliphatic rings. The smallest absolute Gasteiger partial charge is 0.317 e. The molecule has 1 aliphatic heterocycles. The van der Waals surface area contributed by atoms with Gasteiger partial charge in [-0.15, -0.1) is 0 Å². The third-order valence-electron chi connectivity index (χ3n) is 3.66. The van der Waals surface area contributed by atoms with Gasteiger partial charge in [0.25, 0.3) is 0 Å². The van der Waals surface area contributed by atoms with Gasteiger partial charge >= 0.3 is 5.97 Å². The molecule has 0 aliphatic carbocycles. The number of likely N-dealkylation sites (tertiary alicyclic amines) is 1. The maximum Gasteiger partial charge on any atom is 0.317 e. The fourth-order valence-corrected chi connectivity index (χ4v) is 2.66. The van der Waals surface area contributed by atoms with Crippen LogP contribution in [0.3, 0.4) is 0 Å². The first-order valence-corrected chi connectivity index (χ1v) is 7.09. The summed E-state index contributed by atoms with van der Waals surface area (Å²) < 4.78 is 0. The number of piperidine rings is 1. The lowest BCUT2D eigenvalue weighted by Gasteiger charge is -2.32. The molecule has 1 fully saturated rings. The topological polar surface area (TPSA) is 69.6 Å². The molecule has 5 heteroatoms. The summed E-state index contributed by atoms with van der Waals surface area (Å²) in [6.45, 7) is 7.51. The Morgan fingerprint density at radius 3 is 2.32 bits per heavy atom. The van der Waals surface area contributed by atoms with Crippen molar-refractivity contribution in [2.24, 2.45) is 5.92 Å². The SMILES string of the molecule is CC(=O)[C@H](CC1CCN(CC(=O)O)CC1)NC(C)C. The summed E-state index contributed by atoms with van der Waals surface area (Å²) >= 11 is 0. The van der Waals surface area contributed by atoms with Crippen LogP contribution in [0, 0.1) is 5.92 Å². The third kappa shape index (κ3) is 6.16. The van der Waals surface area contributed by atoms with E-state index in [0.29, 0.717) is 12.0 Å². The highest BCUT2D eigenvalue weighted by Gasteiger charge is 2.25. The lowest BCUT2D eigenvalue weighted by molar-refractivity contribution is -0.138. The van der Waals surface area contributed by atoms with Gasteiger partial charge in [0.1, 0.15) is 5.78 Å². The van der Waals surface area contributed by atoms with Gasteiger partial charge in [-0.3, -0.25) is 14.5 Å². The number of Topliss-reactive ketones (excluding diaryl/α,β-unsaturated/α-hetero) is 1. The van der Waals surface area contributed by atoms with Gasteiger partial charge in [-0.1, -0.05) is 13.8 Å².